The molecule has 0 aromatic heterocycles. The molecular formula is H12N3O4Sb. The second-order valence-corrected chi connectivity index (χ2v) is 3.00. The second kappa shape index (κ2) is 7.38. The Morgan fingerprint density at radius 2 is 0.875 bits per heavy atom. The minimum atomic E-state index is -6.10. The van der Waals surface area contributed by atoms with Crippen molar-refractivity contribution in [1.29, 1.82) is 0 Å². The quantitative estimate of drug-likeness (QED) is 0.380. The molecule has 0 saturated carbocycles. The molecule has 8 heavy (non-hydrogen) atoms. The zero-order valence-electron chi connectivity index (χ0n) is 5.08. The molecule has 8 heteroatoms. The van der Waals surface area contributed by atoms with Gasteiger partial charge in [-0.05, 0) is 0 Å². The molecule has 56 valence electrons. The Labute approximate surface area is 52.2 Å². The van der Waals surface area contributed by atoms with Gasteiger partial charge < -0.3 is 18.5 Å². The molecule has 0 aromatic rings. The number of rotatable bonds is 0. The Balaban J connectivity index is -0.0000000267. The van der Waals surface area contributed by atoms with Crippen LogP contribution >= 0.6 is 0 Å². The number of quaternary nitrogens is 3. The van der Waals surface area contributed by atoms with E-state index in [4.69, 9.17) is 13.2 Å². The van der Waals surface area contributed by atoms with E-state index < -0.39 is 20.1 Å². The predicted octanol–water partition coefficient (Wildman–Crippen LogP) is -2.94. The van der Waals surface area contributed by atoms with Crippen LogP contribution in [0.2, 0.25) is 0 Å². The summed E-state index contributed by atoms with van der Waals surface area (Å²) >= 11 is -6.10. The van der Waals surface area contributed by atoms with E-state index in [-0.39, 0.29) is 18.5 Å². The average molecular weight is 240 g/mol. The van der Waals surface area contributed by atoms with Gasteiger partial charge in [-0.15, -0.1) is 0 Å². The molecule has 7 nitrogen and oxygen atoms in total. The molecule has 0 aliphatic carbocycles. The van der Waals surface area contributed by atoms with E-state index >= 15 is 0 Å². The Kier molecular flexibility index (Phi) is 21.9. The van der Waals surface area contributed by atoms with Gasteiger partial charge >= 0.3 is 33.2 Å². The molecule has 12 N–H and O–H groups in total. The van der Waals surface area contributed by atoms with Crippen molar-refractivity contribution in [2.24, 2.45) is 0 Å². The van der Waals surface area contributed by atoms with Crippen molar-refractivity contribution in [3.63, 3.8) is 0 Å². The third-order valence-electron chi connectivity index (χ3n) is 0. The van der Waals surface area contributed by atoms with Gasteiger partial charge in [0, 0.05) is 0 Å². The minimum absolute atomic E-state index is 0. The first-order chi connectivity index (χ1) is 2.00. The summed E-state index contributed by atoms with van der Waals surface area (Å²) in [4.78, 5) is 0. The van der Waals surface area contributed by atoms with E-state index in [0.717, 1.165) is 0 Å². The van der Waals surface area contributed by atoms with Crippen molar-refractivity contribution in [2.75, 3.05) is 0 Å². The molecule has 0 aliphatic rings. The zero-order chi connectivity index (χ0) is 4.50. The van der Waals surface area contributed by atoms with Crippen molar-refractivity contribution in [3.8, 4) is 0 Å². The average Bonchev–Trinajstić information content (AvgIpc) is 0.722. The monoisotopic (exact) mass is 239 g/mol. The number of hydrogen-bond acceptors (Lipinski definition) is 4. The van der Waals surface area contributed by atoms with Gasteiger partial charge in [0.15, 0.2) is 0 Å². The molecule has 0 fully saturated rings. The maximum absolute atomic E-state index is 8.64. The van der Waals surface area contributed by atoms with Crippen LogP contribution in [0.25, 0.3) is 0 Å². The molecule has 0 aromatic carbocycles. The molecule has 0 heterocycles. The maximum atomic E-state index is 8.64. The summed E-state index contributed by atoms with van der Waals surface area (Å²) in [5.74, 6) is 0. The summed E-state index contributed by atoms with van der Waals surface area (Å²) in [6.07, 6.45) is 0. The van der Waals surface area contributed by atoms with Gasteiger partial charge in [0.2, 0.25) is 0 Å². The van der Waals surface area contributed by atoms with Gasteiger partial charge in [0.25, 0.3) is 0 Å². The summed E-state index contributed by atoms with van der Waals surface area (Å²) in [5, 5.41) is 0. The summed E-state index contributed by atoms with van der Waals surface area (Å²) < 4.78 is 34.6. The van der Waals surface area contributed by atoms with Crippen LogP contribution in [0.3, 0.4) is 0 Å². The molecule has 0 saturated heterocycles. The Morgan fingerprint density at radius 1 is 0.875 bits per heavy atom. The molecule has 0 aliphatic heterocycles. The van der Waals surface area contributed by atoms with Crippen LogP contribution in [0.1, 0.15) is 0 Å². The first kappa shape index (κ1) is 23.8. The molecule has 0 radical (unpaired) electrons. The van der Waals surface area contributed by atoms with E-state index in [9.17, 15) is 0 Å². The molecule has 0 amide bonds. The molecule has 0 spiro atoms. The summed E-state index contributed by atoms with van der Waals surface area (Å²) in [6.45, 7) is 0. The van der Waals surface area contributed by atoms with Crippen molar-refractivity contribution in [3.05, 3.63) is 0 Å². The second-order valence-electron chi connectivity index (χ2n) is 0.447. The first-order valence-corrected chi connectivity index (χ1v) is 4.90. The summed E-state index contributed by atoms with van der Waals surface area (Å²) in [5.41, 5.74) is 0. The third-order valence-corrected chi connectivity index (χ3v) is 0. The Bertz CT molecular complexity index is 57.4. The van der Waals surface area contributed by atoms with E-state index in [1.807, 2.05) is 0 Å². The third kappa shape index (κ3) is 1290. The fourth-order valence-corrected chi connectivity index (χ4v) is 0. The van der Waals surface area contributed by atoms with Crippen LogP contribution in [-0.2, 0) is 3.02 Å². The Hall–Kier alpha value is 0.378. The van der Waals surface area contributed by atoms with E-state index in [1.54, 1.807) is 0 Å². The van der Waals surface area contributed by atoms with E-state index in [2.05, 4.69) is 0 Å². The fraction of sp³-hybridized carbons (Fsp3) is 0. The van der Waals surface area contributed by atoms with Gasteiger partial charge in [0.05, 0.1) is 0 Å². The van der Waals surface area contributed by atoms with Gasteiger partial charge in [-0.25, -0.2) is 0 Å². The fourth-order valence-electron chi connectivity index (χ4n) is 0. The normalized spacial score (nSPS) is 7.38. The van der Waals surface area contributed by atoms with Crippen molar-refractivity contribution in [2.45, 2.75) is 0 Å². The van der Waals surface area contributed by atoms with Crippen molar-refractivity contribution >= 4 is 20.1 Å². The van der Waals surface area contributed by atoms with Gasteiger partial charge in [-0.3, -0.25) is 0 Å². The van der Waals surface area contributed by atoms with Crippen molar-refractivity contribution in [1.82, 2.24) is 18.5 Å². The predicted molar refractivity (Wildman–Crippen MR) is 24.4 cm³/mol. The molecule has 0 bridgehead atoms. The van der Waals surface area contributed by atoms with Crippen LogP contribution in [0, 0.1) is 0 Å². The van der Waals surface area contributed by atoms with Gasteiger partial charge in [-0.2, -0.15) is 0 Å². The standard InChI is InChI=1S/3H3N.4O.Sb/h3*1H3;;;;;/q;;;;3*-1;/p+3. The van der Waals surface area contributed by atoms with E-state index in [0.29, 0.717) is 0 Å². The van der Waals surface area contributed by atoms with Crippen LogP contribution in [0.4, 0.5) is 0 Å². The van der Waals surface area contributed by atoms with Gasteiger partial charge in [-0.1, -0.05) is 0 Å². The zero-order valence-corrected chi connectivity index (χ0v) is 7.63. The SMILES string of the molecule is [NH4+].[NH4+].[NH4+].[O]=[Sb]([O-])([O-])[O-]. The summed E-state index contributed by atoms with van der Waals surface area (Å²) in [7, 11) is 0. The van der Waals surface area contributed by atoms with Crippen LogP contribution in [0.5, 0.6) is 0 Å². The van der Waals surface area contributed by atoms with Crippen molar-refractivity contribution < 1.29 is 13.2 Å². The summed E-state index contributed by atoms with van der Waals surface area (Å²) in [6, 6.07) is 0. The first-order valence-electron chi connectivity index (χ1n) is 0.730. The molecule has 0 rings (SSSR count). The molecule has 0 atom stereocenters. The molecular weight excluding hydrogens is 228 g/mol. The van der Waals surface area contributed by atoms with Crippen LogP contribution in [0.15, 0.2) is 0 Å². The van der Waals surface area contributed by atoms with Gasteiger partial charge in [0.1, 0.15) is 0 Å². The van der Waals surface area contributed by atoms with Crippen LogP contribution < -0.4 is 28.6 Å². The topological polar surface area (TPSA) is 196 Å². The molecule has 0 unspecified atom stereocenters. The number of hydrogen-bond donors (Lipinski definition) is 3. The Morgan fingerprint density at radius 3 is 0.875 bits per heavy atom. The van der Waals surface area contributed by atoms with E-state index in [1.165, 1.54) is 0 Å². The van der Waals surface area contributed by atoms with Crippen LogP contribution in [-0.4, -0.2) is 20.1 Å².